The number of ether oxygens (including phenoxy) is 2. The fourth-order valence-electron chi connectivity index (χ4n) is 1.34. The van der Waals surface area contributed by atoms with E-state index in [-0.39, 0.29) is 0 Å². The third-order valence-electron chi connectivity index (χ3n) is 2.22. The molecule has 0 spiro atoms. The minimum atomic E-state index is 0.580. The molecule has 0 unspecified atom stereocenters. The van der Waals surface area contributed by atoms with Crippen molar-refractivity contribution in [2.24, 2.45) is 0 Å². The van der Waals surface area contributed by atoms with Gasteiger partial charge in [0, 0.05) is 25.5 Å². The highest BCUT2D eigenvalue weighted by Gasteiger charge is 2.08. The molecule has 0 aliphatic rings. The summed E-state index contributed by atoms with van der Waals surface area (Å²) in [5.74, 6) is 2.22. The van der Waals surface area contributed by atoms with Gasteiger partial charge in [-0.05, 0) is 12.1 Å². The number of rotatable bonds is 5. The molecule has 1 aromatic rings. The molecule has 1 aromatic carbocycles. The van der Waals surface area contributed by atoms with Crippen LogP contribution in [0.4, 0.5) is 5.69 Å². The van der Waals surface area contributed by atoms with Gasteiger partial charge in [-0.1, -0.05) is 0 Å². The van der Waals surface area contributed by atoms with E-state index >= 15 is 0 Å². The smallest absolute Gasteiger partial charge is 0.142 e. The Balaban J connectivity index is 3.00. The second kappa shape index (κ2) is 5.71. The number of halogens is 1. The van der Waals surface area contributed by atoms with E-state index < -0.39 is 0 Å². The molecule has 0 radical (unpaired) electrons. The Hall–Kier alpha value is -1.09. The Bertz CT molecular complexity index is 317. The highest BCUT2D eigenvalue weighted by molar-refractivity contribution is 6.18. The molecule has 0 aromatic heterocycles. The summed E-state index contributed by atoms with van der Waals surface area (Å²) >= 11 is 5.70. The van der Waals surface area contributed by atoms with Gasteiger partial charge in [0.2, 0.25) is 0 Å². The average molecular weight is 230 g/mol. The first kappa shape index (κ1) is 12.0. The number of alkyl halides is 1. The van der Waals surface area contributed by atoms with E-state index in [1.54, 1.807) is 14.2 Å². The van der Waals surface area contributed by atoms with E-state index in [9.17, 15) is 0 Å². The summed E-state index contributed by atoms with van der Waals surface area (Å²) in [5, 5.41) is 0. The van der Waals surface area contributed by atoms with Gasteiger partial charge in [-0.15, -0.1) is 11.6 Å². The predicted molar refractivity (Wildman–Crippen MR) is 63.5 cm³/mol. The van der Waals surface area contributed by atoms with E-state index in [2.05, 4.69) is 0 Å². The molecular formula is C11H16ClNO2. The normalized spacial score (nSPS) is 9.87. The molecule has 0 atom stereocenters. The number of benzene rings is 1. The van der Waals surface area contributed by atoms with Crippen LogP contribution in [-0.2, 0) is 0 Å². The van der Waals surface area contributed by atoms with E-state index in [4.69, 9.17) is 21.1 Å². The van der Waals surface area contributed by atoms with Gasteiger partial charge in [-0.3, -0.25) is 0 Å². The maximum atomic E-state index is 5.70. The van der Waals surface area contributed by atoms with Crippen LogP contribution in [0.25, 0.3) is 0 Å². The Morgan fingerprint density at radius 2 is 2.00 bits per heavy atom. The molecule has 0 N–H and O–H groups in total. The monoisotopic (exact) mass is 229 g/mol. The molecule has 0 aliphatic heterocycles. The number of hydrogen-bond donors (Lipinski definition) is 0. The van der Waals surface area contributed by atoms with Gasteiger partial charge < -0.3 is 14.4 Å². The zero-order valence-electron chi connectivity index (χ0n) is 9.29. The summed E-state index contributed by atoms with van der Waals surface area (Å²) in [5.41, 5.74) is 0.984. The summed E-state index contributed by atoms with van der Waals surface area (Å²) < 4.78 is 10.4. The second-order valence-corrected chi connectivity index (χ2v) is 3.53. The van der Waals surface area contributed by atoms with Crippen LogP contribution in [-0.4, -0.2) is 33.7 Å². The van der Waals surface area contributed by atoms with E-state index in [0.29, 0.717) is 5.88 Å². The number of hydrogen-bond acceptors (Lipinski definition) is 3. The van der Waals surface area contributed by atoms with E-state index in [1.807, 2.05) is 30.1 Å². The second-order valence-electron chi connectivity index (χ2n) is 3.15. The highest BCUT2D eigenvalue weighted by Crippen LogP contribution is 2.31. The first-order valence-corrected chi connectivity index (χ1v) is 5.25. The SMILES string of the molecule is COc1ccc(OC)c(N(C)CCCl)c1. The maximum Gasteiger partial charge on any atom is 0.142 e. The van der Waals surface area contributed by atoms with Crippen molar-refractivity contribution in [3.63, 3.8) is 0 Å². The Labute approximate surface area is 95.5 Å². The molecule has 15 heavy (non-hydrogen) atoms. The molecule has 0 fully saturated rings. The summed E-state index contributed by atoms with van der Waals surface area (Å²) in [6, 6.07) is 5.70. The zero-order valence-corrected chi connectivity index (χ0v) is 10.0. The van der Waals surface area contributed by atoms with Crippen LogP contribution < -0.4 is 14.4 Å². The zero-order chi connectivity index (χ0) is 11.3. The third-order valence-corrected chi connectivity index (χ3v) is 2.39. The molecule has 3 nitrogen and oxygen atoms in total. The summed E-state index contributed by atoms with van der Waals surface area (Å²) in [6.45, 7) is 0.769. The third kappa shape index (κ3) is 2.93. The summed E-state index contributed by atoms with van der Waals surface area (Å²) in [6.07, 6.45) is 0. The number of nitrogens with zero attached hydrogens (tertiary/aromatic N) is 1. The molecule has 0 bridgehead atoms. The lowest BCUT2D eigenvalue weighted by Gasteiger charge is -2.21. The van der Waals surface area contributed by atoms with E-state index in [1.165, 1.54) is 0 Å². The summed E-state index contributed by atoms with van der Waals surface area (Å²) in [7, 11) is 5.27. The lowest BCUT2D eigenvalue weighted by Crippen LogP contribution is -2.20. The predicted octanol–water partition coefficient (Wildman–Crippen LogP) is 2.38. The number of anilines is 1. The van der Waals surface area contributed by atoms with Crippen molar-refractivity contribution < 1.29 is 9.47 Å². The highest BCUT2D eigenvalue weighted by atomic mass is 35.5. The van der Waals surface area contributed by atoms with Crippen LogP contribution in [0.2, 0.25) is 0 Å². The fourth-order valence-corrected chi connectivity index (χ4v) is 1.60. The maximum absolute atomic E-state index is 5.70. The van der Waals surface area contributed by atoms with Gasteiger partial charge in [-0.25, -0.2) is 0 Å². The molecule has 0 heterocycles. The first-order valence-electron chi connectivity index (χ1n) is 4.72. The van der Waals surface area contributed by atoms with Crippen molar-refractivity contribution in [1.82, 2.24) is 0 Å². The summed E-state index contributed by atoms with van der Waals surface area (Å²) in [4.78, 5) is 2.04. The van der Waals surface area contributed by atoms with Gasteiger partial charge in [-0.2, -0.15) is 0 Å². The van der Waals surface area contributed by atoms with Crippen molar-refractivity contribution in [3.05, 3.63) is 18.2 Å². The van der Waals surface area contributed by atoms with Crippen molar-refractivity contribution in [2.45, 2.75) is 0 Å². The van der Waals surface area contributed by atoms with Crippen LogP contribution in [0.1, 0.15) is 0 Å². The molecule has 0 saturated carbocycles. The number of methoxy groups -OCH3 is 2. The Morgan fingerprint density at radius 1 is 1.27 bits per heavy atom. The van der Waals surface area contributed by atoms with E-state index in [0.717, 1.165) is 23.7 Å². The van der Waals surface area contributed by atoms with Crippen LogP contribution in [0, 0.1) is 0 Å². The quantitative estimate of drug-likeness (QED) is 0.724. The first-order chi connectivity index (χ1) is 7.22. The van der Waals surface area contributed by atoms with Crippen molar-refractivity contribution in [3.8, 4) is 11.5 Å². The molecular weight excluding hydrogens is 214 g/mol. The van der Waals surface area contributed by atoms with Crippen molar-refractivity contribution in [2.75, 3.05) is 38.6 Å². The minimum absolute atomic E-state index is 0.580. The van der Waals surface area contributed by atoms with Gasteiger partial charge in [0.25, 0.3) is 0 Å². The topological polar surface area (TPSA) is 21.7 Å². The van der Waals surface area contributed by atoms with Gasteiger partial charge in [0.15, 0.2) is 0 Å². The van der Waals surface area contributed by atoms with Crippen LogP contribution >= 0.6 is 11.6 Å². The fraction of sp³-hybridized carbons (Fsp3) is 0.455. The Morgan fingerprint density at radius 3 is 2.53 bits per heavy atom. The standard InChI is InChI=1S/C11H16ClNO2/c1-13(7-6-12)10-8-9(14-2)4-5-11(10)15-3/h4-5,8H,6-7H2,1-3H3. The average Bonchev–Trinajstić information content (AvgIpc) is 2.28. The van der Waals surface area contributed by atoms with Crippen LogP contribution in [0.3, 0.4) is 0 Å². The molecule has 4 heteroatoms. The minimum Gasteiger partial charge on any atom is -0.497 e. The molecule has 0 aliphatic carbocycles. The van der Waals surface area contributed by atoms with Gasteiger partial charge >= 0.3 is 0 Å². The van der Waals surface area contributed by atoms with Gasteiger partial charge in [0.05, 0.1) is 19.9 Å². The lowest BCUT2D eigenvalue weighted by molar-refractivity contribution is 0.403. The molecule has 0 amide bonds. The molecule has 0 saturated heterocycles. The lowest BCUT2D eigenvalue weighted by atomic mass is 10.2. The van der Waals surface area contributed by atoms with Crippen LogP contribution in [0.15, 0.2) is 18.2 Å². The van der Waals surface area contributed by atoms with Crippen molar-refractivity contribution in [1.29, 1.82) is 0 Å². The largest absolute Gasteiger partial charge is 0.497 e. The van der Waals surface area contributed by atoms with Crippen molar-refractivity contribution >= 4 is 17.3 Å². The molecule has 1 rings (SSSR count). The Kier molecular flexibility index (Phi) is 4.56. The molecule has 84 valence electrons. The van der Waals surface area contributed by atoms with Crippen LogP contribution in [0.5, 0.6) is 11.5 Å². The van der Waals surface area contributed by atoms with Gasteiger partial charge in [0.1, 0.15) is 11.5 Å².